The molecule has 0 saturated heterocycles. The fourth-order valence-corrected chi connectivity index (χ4v) is 3.69. The van der Waals surface area contributed by atoms with E-state index in [4.69, 9.17) is 26.2 Å². The summed E-state index contributed by atoms with van der Waals surface area (Å²) in [6.07, 6.45) is 4.98. The van der Waals surface area contributed by atoms with Crippen LogP contribution in [0.15, 0.2) is 12.1 Å². The zero-order valence-corrected chi connectivity index (χ0v) is 12.0. The van der Waals surface area contributed by atoms with Crippen molar-refractivity contribution >= 4 is 17.6 Å². The van der Waals surface area contributed by atoms with Crippen LogP contribution in [-0.2, 0) is 0 Å². The van der Waals surface area contributed by atoms with Crippen LogP contribution in [0.3, 0.4) is 0 Å². The minimum absolute atomic E-state index is 0.104. The first-order chi connectivity index (χ1) is 9.58. The number of hydrogen-bond donors (Lipinski definition) is 1. The van der Waals surface area contributed by atoms with Gasteiger partial charge in [-0.05, 0) is 49.7 Å². The van der Waals surface area contributed by atoms with Gasteiger partial charge in [-0.3, -0.25) is 0 Å². The van der Waals surface area contributed by atoms with Crippen molar-refractivity contribution in [3.05, 3.63) is 22.7 Å². The van der Waals surface area contributed by atoms with Crippen LogP contribution >= 0.6 is 11.6 Å². The summed E-state index contributed by atoms with van der Waals surface area (Å²) in [5.74, 6) is 1.19. The maximum atomic E-state index is 11.0. The minimum Gasteiger partial charge on any atom is -0.493 e. The highest BCUT2D eigenvalue weighted by Gasteiger charge is 2.41. The van der Waals surface area contributed by atoms with E-state index >= 15 is 0 Å². The molecule has 3 unspecified atom stereocenters. The summed E-state index contributed by atoms with van der Waals surface area (Å²) in [5, 5.41) is 9.33. The van der Waals surface area contributed by atoms with E-state index in [-0.39, 0.29) is 11.7 Å². The average molecular weight is 297 g/mol. The zero-order valence-electron chi connectivity index (χ0n) is 11.3. The normalized spacial score (nSPS) is 27.6. The number of carboxylic acid groups (broad SMARTS) is 1. The van der Waals surface area contributed by atoms with E-state index in [2.05, 4.69) is 0 Å². The van der Waals surface area contributed by atoms with Gasteiger partial charge >= 0.3 is 5.97 Å². The molecule has 2 bridgehead atoms. The number of halogens is 1. The molecule has 20 heavy (non-hydrogen) atoms. The molecule has 5 heteroatoms. The number of aromatic carboxylic acids is 1. The lowest BCUT2D eigenvalue weighted by Gasteiger charge is -2.24. The molecule has 2 saturated carbocycles. The number of hydrogen-bond acceptors (Lipinski definition) is 3. The molecule has 1 aromatic rings. The zero-order chi connectivity index (χ0) is 14.3. The Labute approximate surface area is 122 Å². The molecule has 2 fully saturated rings. The number of carboxylic acids is 1. The van der Waals surface area contributed by atoms with Crippen molar-refractivity contribution in [2.75, 3.05) is 7.11 Å². The maximum absolute atomic E-state index is 11.0. The Balaban J connectivity index is 1.87. The highest BCUT2D eigenvalue weighted by atomic mass is 35.5. The monoisotopic (exact) mass is 296 g/mol. The average Bonchev–Trinajstić information content (AvgIpc) is 3.02. The smallest absolute Gasteiger partial charge is 0.335 e. The van der Waals surface area contributed by atoms with E-state index in [0.717, 1.165) is 12.3 Å². The van der Waals surface area contributed by atoms with E-state index < -0.39 is 5.97 Å². The van der Waals surface area contributed by atoms with Gasteiger partial charge in [-0.1, -0.05) is 11.6 Å². The summed E-state index contributed by atoms with van der Waals surface area (Å²) in [4.78, 5) is 11.0. The molecule has 4 nitrogen and oxygen atoms in total. The minimum atomic E-state index is -1.03. The molecule has 1 N–H and O–H groups in total. The van der Waals surface area contributed by atoms with Gasteiger partial charge in [-0.25, -0.2) is 4.79 Å². The maximum Gasteiger partial charge on any atom is 0.335 e. The molecule has 0 heterocycles. The van der Waals surface area contributed by atoms with Gasteiger partial charge in [0.05, 0.1) is 17.7 Å². The van der Waals surface area contributed by atoms with Crippen molar-refractivity contribution in [3.63, 3.8) is 0 Å². The number of rotatable bonds is 4. The van der Waals surface area contributed by atoms with Gasteiger partial charge in [0.15, 0.2) is 11.5 Å². The van der Waals surface area contributed by atoms with Crippen molar-refractivity contribution in [2.45, 2.75) is 31.8 Å². The summed E-state index contributed by atoms with van der Waals surface area (Å²) < 4.78 is 11.3. The van der Waals surface area contributed by atoms with Gasteiger partial charge in [0, 0.05) is 0 Å². The Bertz CT molecular complexity index is 543. The van der Waals surface area contributed by atoms with Gasteiger partial charge in [0.2, 0.25) is 0 Å². The van der Waals surface area contributed by atoms with Gasteiger partial charge < -0.3 is 14.6 Å². The van der Waals surface area contributed by atoms with Crippen LogP contribution < -0.4 is 9.47 Å². The number of fused-ring (bicyclic) bond motifs is 2. The second-order valence-electron chi connectivity index (χ2n) is 5.63. The second-order valence-corrected chi connectivity index (χ2v) is 6.03. The molecule has 3 rings (SSSR count). The molecule has 0 radical (unpaired) electrons. The summed E-state index contributed by atoms with van der Waals surface area (Å²) in [6.45, 7) is 0. The predicted octanol–water partition coefficient (Wildman–Crippen LogP) is 3.61. The van der Waals surface area contributed by atoms with Crippen LogP contribution in [0.25, 0.3) is 0 Å². The number of ether oxygens (including phenoxy) is 2. The number of carbonyl (C=O) groups is 1. The summed E-state index contributed by atoms with van der Waals surface area (Å²) in [7, 11) is 1.49. The summed E-state index contributed by atoms with van der Waals surface area (Å²) in [5.41, 5.74) is 0.104. The van der Waals surface area contributed by atoms with Crippen LogP contribution in [0.5, 0.6) is 11.5 Å². The first kappa shape index (κ1) is 13.6. The molecule has 0 spiro atoms. The van der Waals surface area contributed by atoms with Crippen molar-refractivity contribution in [1.29, 1.82) is 0 Å². The Morgan fingerprint density at radius 3 is 2.70 bits per heavy atom. The molecule has 0 aromatic heterocycles. The third-order valence-corrected chi connectivity index (χ3v) is 4.70. The first-order valence-corrected chi connectivity index (χ1v) is 7.23. The lowest BCUT2D eigenvalue weighted by Crippen LogP contribution is -2.23. The highest BCUT2D eigenvalue weighted by Crippen LogP contribution is 2.48. The van der Waals surface area contributed by atoms with E-state index in [1.54, 1.807) is 0 Å². The van der Waals surface area contributed by atoms with Crippen molar-refractivity contribution in [2.24, 2.45) is 11.8 Å². The predicted molar refractivity (Wildman–Crippen MR) is 74.8 cm³/mol. The third kappa shape index (κ3) is 2.33. The van der Waals surface area contributed by atoms with Crippen LogP contribution in [0.1, 0.15) is 36.0 Å². The molecule has 3 atom stereocenters. The topological polar surface area (TPSA) is 55.8 Å². The lowest BCUT2D eigenvalue weighted by atomic mass is 9.97. The third-order valence-electron chi connectivity index (χ3n) is 4.42. The molecule has 0 amide bonds. The molecule has 2 aliphatic rings. The van der Waals surface area contributed by atoms with Crippen LogP contribution in [-0.4, -0.2) is 24.3 Å². The van der Waals surface area contributed by atoms with Gasteiger partial charge in [0.1, 0.15) is 6.10 Å². The molecule has 0 aliphatic heterocycles. The van der Waals surface area contributed by atoms with E-state index in [9.17, 15) is 4.79 Å². The van der Waals surface area contributed by atoms with E-state index in [1.165, 1.54) is 38.5 Å². The van der Waals surface area contributed by atoms with Crippen molar-refractivity contribution in [1.82, 2.24) is 0 Å². The Hall–Kier alpha value is -1.42. The van der Waals surface area contributed by atoms with Gasteiger partial charge in [0.25, 0.3) is 0 Å². The SMILES string of the molecule is COc1cc(C(=O)O)cc(Cl)c1OC1CC2CCC1C2. The second kappa shape index (κ2) is 5.17. The largest absolute Gasteiger partial charge is 0.493 e. The fraction of sp³-hybridized carbons (Fsp3) is 0.533. The number of methoxy groups -OCH3 is 1. The van der Waals surface area contributed by atoms with Crippen LogP contribution in [0, 0.1) is 11.8 Å². The van der Waals surface area contributed by atoms with Gasteiger partial charge in [-0.15, -0.1) is 0 Å². The number of benzene rings is 1. The quantitative estimate of drug-likeness (QED) is 0.922. The Morgan fingerprint density at radius 2 is 2.15 bits per heavy atom. The van der Waals surface area contributed by atoms with E-state index in [1.807, 2.05) is 0 Å². The summed E-state index contributed by atoms with van der Waals surface area (Å²) in [6, 6.07) is 2.87. The van der Waals surface area contributed by atoms with Gasteiger partial charge in [-0.2, -0.15) is 0 Å². The highest BCUT2D eigenvalue weighted by molar-refractivity contribution is 6.32. The molecule has 2 aliphatic carbocycles. The van der Waals surface area contributed by atoms with E-state index in [0.29, 0.717) is 22.4 Å². The Morgan fingerprint density at radius 1 is 1.35 bits per heavy atom. The Kier molecular flexibility index (Phi) is 3.50. The van der Waals surface area contributed by atoms with Crippen molar-refractivity contribution in [3.8, 4) is 11.5 Å². The standard InChI is InChI=1S/C15H17ClO4/c1-19-13-7-10(15(17)18)6-11(16)14(13)20-12-5-8-2-3-9(12)4-8/h6-9,12H,2-5H2,1H3,(H,17,18). The molecule has 1 aromatic carbocycles. The van der Waals surface area contributed by atoms with Crippen molar-refractivity contribution < 1.29 is 19.4 Å². The summed E-state index contributed by atoms with van der Waals surface area (Å²) >= 11 is 6.17. The lowest BCUT2D eigenvalue weighted by molar-refractivity contribution is 0.0696. The molecular formula is C15H17ClO4. The molecular weight excluding hydrogens is 280 g/mol. The fourth-order valence-electron chi connectivity index (χ4n) is 3.44. The van der Waals surface area contributed by atoms with Crippen LogP contribution in [0.2, 0.25) is 5.02 Å². The molecule has 108 valence electrons. The first-order valence-electron chi connectivity index (χ1n) is 6.86. The van der Waals surface area contributed by atoms with Crippen LogP contribution in [0.4, 0.5) is 0 Å².